The van der Waals surface area contributed by atoms with Gasteiger partial charge in [0.2, 0.25) is 0 Å². The first kappa shape index (κ1) is 20.7. The van der Waals surface area contributed by atoms with E-state index in [0.29, 0.717) is 13.2 Å². The first-order valence-electron chi connectivity index (χ1n) is 7.93. The summed E-state index contributed by atoms with van der Waals surface area (Å²) in [5, 5.41) is 8.37. The molecule has 0 atom stereocenters. The van der Waals surface area contributed by atoms with E-state index < -0.39 is 0 Å². The molecule has 0 unspecified atom stereocenters. The third kappa shape index (κ3) is 26.9. The fourth-order valence-electron chi connectivity index (χ4n) is 1.64. The van der Waals surface area contributed by atoms with Crippen molar-refractivity contribution in [1.29, 1.82) is 0 Å². The lowest BCUT2D eigenvalue weighted by atomic mass is 10.2. The van der Waals surface area contributed by atoms with Crippen molar-refractivity contribution < 1.29 is 14.6 Å². The molecule has 0 saturated carbocycles. The van der Waals surface area contributed by atoms with Crippen molar-refractivity contribution in [1.82, 2.24) is 0 Å². The highest BCUT2D eigenvalue weighted by molar-refractivity contribution is 5.65. The van der Waals surface area contributed by atoms with E-state index in [1.807, 2.05) is 0 Å². The minimum Gasteiger partial charge on any atom is -0.466 e. The molecular formula is C16H34O3. The van der Waals surface area contributed by atoms with Gasteiger partial charge in [-0.1, -0.05) is 65.2 Å². The third-order valence-corrected chi connectivity index (χ3v) is 2.81. The van der Waals surface area contributed by atoms with Crippen molar-refractivity contribution in [2.45, 2.75) is 85.0 Å². The Hall–Kier alpha value is -0.570. The molecular weight excluding hydrogens is 240 g/mol. The van der Waals surface area contributed by atoms with Crippen molar-refractivity contribution >= 4 is 5.97 Å². The lowest BCUT2D eigenvalue weighted by molar-refractivity contribution is -0.141. The maximum absolute atomic E-state index is 10.3. The van der Waals surface area contributed by atoms with Crippen molar-refractivity contribution in [3.8, 4) is 0 Å². The molecule has 0 aromatic rings. The van der Waals surface area contributed by atoms with Gasteiger partial charge in [-0.05, 0) is 12.8 Å². The van der Waals surface area contributed by atoms with Gasteiger partial charge in [0.25, 0.3) is 0 Å². The molecule has 0 saturated heterocycles. The summed E-state index contributed by atoms with van der Waals surface area (Å²) in [4.78, 5) is 10.3. The maximum atomic E-state index is 10.3. The Bertz CT molecular complexity index is 163. The molecule has 0 spiro atoms. The normalized spacial score (nSPS) is 9.68. The molecule has 0 aromatic heterocycles. The molecule has 0 bridgehead atoms. The lowest BCUT2D eigenvalue weighted by Gasteiger charge is -2.00. The van der Waals surface area contributed by atoms with Gasteiger partial charge < -0.3 is 9.84 Å². The van der Waals surface area contributed by atoms with Crippen LogP contribution in [0.5, 0.6) is 0 Å². The van der Waals surface area contributed by atoms with E-state index in [-0.39, 0.29) is 5.97 Å². The molecule has 0 radical (unpaired) electrons. The van der Waals surface area contributed by atoms with Gasteiger partial charge in [-0.3, -0.25) is 4.79 Å². The Balaban J connectivity index is 0. The maximum Gasteiger partial charge on any atom is 0.302 e. The summed E-state index contributed by atoms with van der Waals surface area (Å²) in [6.07, 6.45) is 12.1. The van der Waals surface area contributed by atoms with Crippen LogP contribution in [-0.2, 0) is 9.53 Å². The minimum absolute atomic E-state index is 0.166. The Morgan fingerprint density at radius 2 is 1.32 bits per heavy atom. The van der Waals surface area contributed by atoms with Crippen LogP contribution in [0.1, 0.15) is 85.0 Å². The second-order valence-electron chi connectivity index (χ2n) is 4.89. The Morgan fingerprint density at radius 3 is 1.74 bits per heavy atom. The number of hydrogen-bond donors (Lipinski definition) is 1. The summed E-state index contributed by atoms with van der Waals surface area (Å²) in [7, 11) is 0. The predicted octanol–water partition coefficient (Wildman–Crippen LogP) is 4.47. The summed E-state index contributed by atoms with van der Waals surface area (Å²) >= 11 is 0. The van der Waals surface area contributed by atoms with Crippen molar-refractivity contribution in [3.63, 3.8) is 0 Å². The second kappa shape index (κ2) is 19.8. The average molecular weight is 274 g/mol. The highest BCUT2D eigenvalue weighted by atomic mass is 16.5. The second-order valence-corrected chi connectivity index (χ2v) is 4.89. The average Bonchev–Trinajstić information content (AvgIpc) is 2.39. The summed E-state index contributed by atoms with van der Waals surface area (Å²) in [6, 6.07) is 0. The molecule has 0 aliphatic carbocycles. The first-order chi connectivity index (χ1) is 9.18. The number of hydrogen-bond acceptors (Lipinski definition) is 3. The van der Waals surface area contributed by atoms with Crippen LogP contribution in [0.2, 0.25) is 0 Å². The van der Waals surface area contributed by atoms with E-state index in [2.05, 4.69) is 13.8 Å². The monoisotopic (exact) mass is 274 g/mol. The van der Waals surface area contributed by atoms with Crippen molar-refractivity contribution in [2.24, 2.45) is 0 Å². The van der Waals surface area contributed by atoms with Gasteiger partial charge in [0.1, 0.15) is 0 Å². The van der Waals surface area contributed by atoms with E-state index in [4.69, 9.17) is 9.84 Å². The fraction of sp³-hybridized carbons (Fsp3) is 0.938. The number of carbonyl (C=O) groups excluding carboxylic acids is 1. The van der Waals surface area contributed by atoms with E-state index in [1.165, 1.54) is 58.3 Å². The molecule has 116 valence electrons. The molecule has 0 aliphatic rings. The minimum atomic E-state index is -0.166. The van der Waals surface area contributed by atoms with Gasteiger partial charge in [-0.25, -0.2) is 0 Å². The van der Waals surface area contributed by atoms with Crippen LogP contribution in [0, 0.1) is 0 Å². The van der Waals surface area contributed by atoms with Crippen molar-refractivity contribution in [2.75, 3.05) is 13.2 Å². The van der Waals surface area contributed by atoms with Crippen LogP contribution in [0.25, 0.3) is 0 Å². The molecule has 1 N–H and O–H groups in total. The molecule has 0 aliphatic heterocycles. The topological polar surface area (TPSA) is 46.5 Å². The van der Waals surface area contributed by atoms with Crippen LogP contribution < -0.4 is 0 Å². The van der Waals surface area contributed by atoms with Crippen LogP contribution >= 0.6 is 0 Å². The van der Waals surface area contributed by atoms with Gasteiger partial charge in [0.15, 0.2) is 0 Å². The molecule has 0 fully saturated rings. The quantitative estimate of drug-likeness (QED) is 0.446. The predicted molar refractivity (Wildman–Crippen MR) is 81.2 cm³/mol. The fourth-order valence-corrected chi connectivity index (χ4v) is 1.64. The molecule has 0 amide bonds. The Labute approximate surface area is 119 Å². The smallest absolute Gasteiger partial charge is 0.302 e. The molecule has 19 heavy (non-hydrogen) atoms. The van der Waals surface area contributed by atoms with Gasteiger partial charge in [-0.2, -0.15) is 0 Å². The van der Waals surface area contributed by atoms with Gasteiger partial charge in [-0.15, -0.1) is 0 Å². The summed E-state index contributed by atoms with van der Waals surface area (Å²) < 4.78 is 4.78. The Kier molecular flexibility index (Phi) is 21.6. The van der Waals surface area contributed by atoms with Crippen LogP contribution in [0.4, 0.5) is 0 Å². The van der Waals surface area contributed by atoms with Gasteiger partial charge in [0.05, 0.1) is 6.61 Å². The molecule has 3 nitrogen and oxygen atoms in total. The highest BCUT2D eigenvalue weighted by Crippen LogP contribution is 2.02. The molecule has 0 aromatic carbocycles. The number of rotatable bonds is 11. The number of esters is 1. The van der Waals surface area contributed by atoms with E-state index in [1.54, 1.807) is 0 Å². The Morgan fingerprint density at radius 1 is 0.842 bits per heavy atom. The summed E-state index contributed by atoms with van der Waals surface area (Å²) in [6.45, 7) is 6.79. The van der Waals surface area contributed by atoms with E-state index >= 15 is 0 Å². The summed E-state index contributed by atoms with van der Waals surface area (Å²) in [5.41, 5.74) is 0. The molecule has 0 rings (SSSR count). The zero-order valence-electron chi connectivity index (χ0n) is 13.2. The number of aliphatic hydroxyl groups is 1. The summed E-state index contributed by atoms with van der Waals surface area (Å²) in [5.74, 6) is -0.166. The largest absolute Gasteiger partial charge is 0.466 e. The van der Waals surface area contributed by atoms with Crippen LogP contribution in [0.15, 0.2) is 0 Å². The standard InChI is InChI=1S/C9H18O2.C7H16O/c1-3-4-5-6-7-8-11-9(2)10;1-2-3-4-5-6-7-8/h3-8H2,1-2H3;8H,2-7H2,1H3. The van der Waals surface area contributed by atoms with E-state index in [0.717, 1.165) is 12.8 Å². The van der Waals surface area contributed by atoms with Gasteiger partial charge in [0, 0.05) is 13.5 Å². The van der Waals surface area contributed by atoms with Crippen LogP contribution in [-0.4, -0.2) is 24.3 Å². The lowest BCUT2D eigenvalue weighted by Crippen LogP contribution is -1.99. The highest BCUT2D eigenvalue weighted by Gasteiger charge is 1.92. The number of carbonyl (C=O) groups is 1. The number of unbranched alkanes of at least 4 members (excludes halogenated alkanes) is 8. The zero-order valence-corrected chi connectivity index (χ0v) is 13.2. The van der Waals surface area contributed by atoms with Crippen LogP contribution in [0.3, 0.4) is 0 Å². The SMILES string of the molecule is CCCCCCCO.CCCCCCCOC(C)=O. The third-order valence-electron chi connectivity index (χ3n) is 2.81. The molecule has 3 heteroatoms. The van der Waals surface area contributed by atoms with Gasteiger partial charge >= 0.3 is 5.97 Å². The van der Waals surface area contributed by atoms with E-state index in [9.17, 15) is 4.79 Å². The number of ether oxygens (including phenoxy) is 1. The first-order valence-corrected chi connectivity index (χ1v) is 7.93. The number of aliphatic hydroxyl groups excluding tert-OH is 1. The van der Waals surface area contributed by atoms with Crippen molar-refractivity contribution in [3.05, 3.63) is 0 Å². The molecule has 0 heterocycles. The zero-order chi connectivity index (χ0) is 14.8.